The number of hydrogen-bond donors (Lipinski definition) is 6. The summed E-state index contributed by atoms with van der Waals surface area (Å²) >= 11 is 5.81. The van der Waals surface area contributed by atoms with Crippen molar-refractivity contribution < 1.29 is 47.3 Å². The average molecular weight is 716 g/mol. The Morgan fingerprint density at radius 2 is 1.55 bits per heavy atom. The molecule has 260 valence electrons. The number of carboxylic acids is 2. The summed E-state index contributed by atoms with van der Waals surface area (Å²) in [6, 6.07) is 11.1. The van der Waals surface area contributed by atoms with Gasteiger partial charge < -0.3 is 35.9 Å². The number of benzene rings is 2. The molecule has 0 unspecified atom stereocenters. The number of hydrogen-bond acceptors (Lipinski definition) is 9. The summed E-state index contributed by atoms with van der Waals surface area (Å²) in [4.78, 5) is 69.4. The number of ether oxygens (including phenoxy) is 1. The van der Waals surface area contributed by atoms with Gasteiger partial charge in [-0.05, 0) is 34.8 Å². The molecule has 0 bridgehead atoms. The maximum absolute atomic E-state index is 13.5. The van der Waals surface area contributed by atoms with Crippen LogP contribution in [0.2, 0.25) is 0 Å². The van der Waals surface area contributed by atoms with Crippen molar-refractivity contribution in [2.75, 3.05) is 12.9 Å². The molecule has 1 heterocycles. The molecule has 0 saturated heterocycles. The Balaban J connectivity index is 1.49. The average Bonchev–Trinajstić information content (AvgIpc) is 3.66. The third-order valence-corrected chi connectivity index (χ3v) is 9.43. The largest absolute Gasteiger partial charge is 0.481 e. The number of H-pyrrole nitrogens is 1. The van der Waals surface area contributed by atoms with Gasteiger partial charge in [0, 0.05) is 36.9 Å². The zero-order valence-electron chi connectivity index (χ0n) is 26.1. The van der Waals surface area contributed by atoms with Gasteiger partial charge in [-0.3, -0.25) is 19.2 Å². The van der Waals surface area contributed by atoms with Crippen LogP contribution < -0.4 is 16.0 Å². The lowest BCUT2D eigenvalue weighted by Gasteiger charge is -2.24. The number of nitrogens with one attached hydrogen (secondary N) is 4. The van der Waals surface area contributed by atoms with Crippen molar-refractivity contribution >= 4 is 51.3 Å². The van der Waals surface area contributed by atoms with E-state index in [-0.39, 0.29) is 25.4 Å². The first-order chi connectivity index (χ1) is 23.2. The third kappa shape index (κ3) is 10.1. The van der Waals surface area contributed by atoms with Gasteiger partial charge in [0.15, 0.2) is 9.84 Å². The van der Waals surface area contributed by atoms with Gasteiger partial charge in [0.1, 0.15) is 23.1 Å². The van der Waals surface area contributed by atoms with Crippen LogP contribution in [-0.2, 0) is 40.2 Å². The molecule has 49 heavy (non-hydrogen) atoms. The van der Waals surface area contributed by atoms with Gasteiger partial charge in [-0.2, -0.15) is 0 Å². The summed E-state index contributed by atoms with van der Waals surface area (Å²) in [6.07, 6.45) is 1.53. The minimum atomic E-state index is -3.93. The molecule has 1 aliphatic carbocycles. The number of rotatable bonds is 16. The van der Waals surface area contributed by atoms with Crippen LogP contribution in [0.5, 0.6) is 0 Å². The Bertz CT molecular complexity index is 1800. The number of aromatic nitrogens is 2. The van der Waals surface area contributed by atoms with Gasteiger partial charge in [0.2, 0.25) is 11.8 Å². The molecule has 0 fully saturated rings. The summed E-state index contributed by atoms with van der Waals surface area (Å²) in [5.74, 6) is -4.77. The highest BCUT2D eigenvalue weighted by atomic mass is 35.5. The van der Waals surface area contributed by atoms with Crippen LogP contribution in [0, 0.1) is 0 Å². The Morgan fingerprint density at radius 3 is 2.10 bits per heavy atom. The molecule has 3 aromatic rings. The molecule has 0 aliphatic heterocycles. The molecular formula is C32H34ClN5O10S. The third-order valence-electron chi connectivity index (χ3n) is 7.62. The summed E-state index contributed by atoms with van der Waals surface area (Å²) in [5.41, 5.74) is 4.31. The Hall–Kier alpha value is -5.22. The van der Waals surface area contributed by atoms with E-state index in [0.29, 0.717) is 5.69 Å². The number of imidazole rings is 1. The molecule has 1 aliphatic rings. The lowest BCUT2D eigenvalue weighted by molar-refractivity contribution is -0.139. The van der Waals surface area contributed by atoms with Crippen molar-refractivity contribution in [1.29, 1.82) is 0 Å². The number of carbonyl (C=O) groups is 5. The second kappa shape index (κ2) is 16.3. The number of carbonyl (C=O) groups excluding carboxylic acids is 3. The number of nitrogens with zero attached hydrogens (tertiary/aromatic N) is 1. The Labute approximate surface area is 286 Å². The van der Waals surface area contributed by atoms with Crippen molar-refractivity contribution in [1.82, 2.24) is 25.9 Å². The van der Waals surface area contributed by atoms with Gasteiger partial charge in [-0.1, -0.05) is 60.1 Å². The first-order valence-corrected chi connectivity index (χ1v) is 17.2. The lowest BCUT2D eigenvalue weighted by Crippen LogP contribution is -2.55. The topological polar surface area (TPSA) is 234 Å². The van der Waals surface area contributed by atoms with E-state index in [0.717, 1.165) is 34.6 Å². The summed E-state index contributed by atoms with van der Waals surface area (Å²) in [6.45, 7) is -0.0769. The minimum absolute atomic E-state index is 0.0769. The number of sulfone groups is 1. The molecule has 0 spiro atoms. The number of alkyl carbamates (subject to hydrolysis) is 1. The molecule has 15 nitrogen and oxygen atoms in total. The molecule has 3 atom stereocenters. The second-order valence-corrected chi connectivity index (χ2v) is 13.9. The Kier molecular flexibility index (Phi) is 12.1. The molecule has 0 saturated carbocycles. The highest BCUT2D eigenvalue weighted by Gasteiger charge is 2.32. The van der Waals surface area contributed by atoms with Crippen LogP contribution >= 0.6 is 11.6 Å². The van der Waals surface area contributed by atoms with E-state index < -0.39 is 75.0 Å². The van der Waals surface area contributed by atoms with Gasteiger partial charge >= 0.3 is 18.0 Å². The molecular weight excluding hydrogens is 682 g/mol. The first-order valence-electron chi connectivity index (χ1n) is 14.9. The zero-order valence-corrected chi connectivity index (χ0v) is 27.7. The van der Waals surface area contributed by atoms with Crippen molar-refractivity contribution in [3.63, 3.8) is 0 Å². The highest BCUT2D eigenvalue weighted by molar-refractivity contribution is 7.96. The van der Waals surface area contributed by atoms with E-state index in [2.05, 4.69) is 25.9 Å². The number of amides is 3. The van der Waals surface area contributed by atoms with E-state index in [1.165, 1.54) is 12.5 Å². The SMILES string of the molecule is CS(=O)(=O)/C(Cl)=C/[C@H](CC(=O)O)NC(=O)[C@H](Cc1cnc[nH]1)NC(=O)[C@H](CCC(=O)O)NC(=O)OCC1c2ccccc2-c2ccccc21. The molecule has 3 amide bonds. The predicted molar refractivity (Wildman–Crippen MR) is 176 cm³/mol. The molecule has 6 N–H and O–H groups in total. The number of aromatic amines is 1. The monoisotopic (exact) mass is 715 g/mol. The van der Waals surface area contributed by atoms with Gasteiger partial charge in [-0.25, -0.2) is 18.2 Å². The van der Waals surface area contributed by atoms with E-state index in [9.17, 15) is 42.6 Å². The van der Waals surface area contributed by atoms with Crippen molar-refractivity contribution in [3.8, 4) is 11.1 Å². The highest BCUT2D eigenvalue weighted by Crippen LogP contribution is 2.44. The molecule has 0 radical (unpaired) electrons. The second-order valence-electron chi connectivity index (χ2n) is 11.3. The van der Waals surface area contributed by atoms with Gasteiger partial charge in [-0.15, -0.1) is 0 Å². The van der Waals surface area contributed by atoms with Crippen LogP contribution in [0.3, 0.4) is 0 Å². The van der Waals surface area contributed by atoms with Gasteiger partial charge in [0.05, 0.1) is 18.8 Å². The van der Waals surface area contributed by atoms with Crippen molar-refractivity contribution in [2.24, 2.45) is 0 Å². The lowest BCUT2D eigenvalue weighted by atomic mass is 9.98. The van der Waals surface area contributed by atoms with E-state index in [4.69, 9.17) is 16.3 Å². The molecule has 4 rings (SSSR count). The van der Waals surface area contributed by atoms with Crippen LogP contribution in [0.1, 0.15) is 42.0 Å². The fourth-order valence-corrected chi connectivity index (χ4v) is 5.89. The predicted octanol–water partition coefficient (Wildman–Crippen LogP) is 2.29. The summed E-state index contributed by atoms with van der Waals surface area (Å²) in [5, 5.41) is 25.8. The number of halogens is 1. The van der Waals surface area contributed by atoms with Crippen molar-refractivity contribution in [3.05, 3.63) is 88.3 Å². The fraction of sp³-hybridized carbons (Fsp3) is 0.312. The van der Waals surface area contributed by atoms with E-state index in [1.54, 1.807) is 0 Å². The number of aliphatic carboxylic acids is 2. The first kappa shape index (κ1) is 36.6. The van der Waals surface area contributed by atoms with Crippen LogP contribution in [-0.4, -0.2) is 89.4 Å². The van der Waals surface area contributed by atoms with Crippen LogP contribution in [0.25, 0.3) is 11.1 Å². The molecule has 17 heteroatoms. The molecule has 2 aromatic carbocycles. The number of carboxylic acid groups (broad SMARTS) is 2. The maximum atomic E-state index is 13.5. The fourth-order valence-electron chi connectivity index (χ4n) is 5.32. The van der Waals surface area contributed by atoms with Crippen molar-refractivity contribution in [2.45, 2.75) is 49.7 Å². The number of fused-ring (bicyclic) bond motifs is 3. The van der Waals surface area contributed by atoms with Crippen LogP contribution in [0.15, 0.2) is 71.5 Å². The smallest absolute Gasteiger partial charge is 0.407 e. The molecule has 1 aromatic heterocycles. The Morgan fingerprint density at radius 1 is 0.939 bits per heavy atom. The quantitative estimate of drug-likeness (QED) is 0.126. The van der Waals surface area contributed by atoms with Crippen LogP contribution in [0.4, 0.5) is 4.79 Å². The summed E-state index contributed by atoms with van der Waals surface area (Å²) < 4.78 is 28.5. The standard InChI is InChI=1S/C32H34ClN5O10S/c1-49(46,47)27(33)13-18(14-29(41)42)36-31(44)26(12-19-15-34-17-35-19)37-30(43)25(10-11-28(39)40)38-32(45)48-16-24-22-8-4-2-6-20(22)21-7-3-5-9-23(21)24/h2-9,13,15,17-18,24-26H,10-12,14,16H2,1H3,(H,34,35)(H,36,44)(H,37,43)(H,38,45)(H,39,40)(H,41,42)/b27-13+/t18-,25+,26+/m1/s1. The van der Waals surface area contributed by atoms with Gasteiger partial charge in [0.25, 0.3) is 0 Å². The zero-order chi connectivity index (χ0) is 35.7. The summed E-state index contributed by atoms with van der Waals surface area (Å²) in [7, 11) is -3.93. The normalized spacial score (nSPS) is 14.4. The van der Waals surface area contributed by atoms with E-state index in [1.807, 2.05) is 48.5 Å². The van der Waals surface area contributed by atoms with E-state index >= 15 is 0 Å². The minimum Gasteiger partial charge on any atom is -0.481 e. The maximum Gasteiger partial charge on any atom is 0.407 e.